The summed E-state index contributed by atoms with van der Waals surface area (Å²) in [5.74, 6) is -0.520. The summed E-state index contributed by atoms with van der Waals surface area (Å²) in [6.45, 7) is 5.67. The maximum Gasteiger partial charge on any atom is 0.224 e. The number of hydrogen-bond acceptors (Lipinski definition) is 3. The molecule has 0 atom stereocenters. The van der Waals surface area contributed by atoms with Gasteiger partial charge in [-0.25, -0.2) is 9.37 Å². The summed E-state index contributed by atoms with van der Waals surface area (Å²) in [6.07, 6.45) is 0.118. The molecule has 0 aliphatic rings. The quantitative estimate of drug-likeness (QED) is 0.678. The van der Waals surface area contributed by atoms with Gasteiger partial charge in [0, 0.05) is 17.0 Å². The topological polar surface area (TPSA) is 62.2 Å². The summed E-state index contributed by atoms with van der Waals surface area (Å²) in [5, 5.41) is 13.5. The number of fused-ring (bicyclic) bond motifs is 1. The molecule has 3 rings (SSSR count). The first-order valence-electron chi connectivity index (χ1n) is 8.63. The summed E-state index contributed by atoms with van der Waals surface area (Å²) < 4.78 is 13.6. The van der Waals surface area contributed by atoms with Crippen LogP contribution in [0.5, 0.6) is 5.75 Å². The first kappa shape index (κ1) is 19.1. The minimum atomic E-state index is -0.512. The second kappa shape index (κ2) is 7.53. The lowest BCUT2D eigenvalue weighted by Gasteiger charge is -2.16. The number of aryl methyl sites for hydroxylation is 1. The summed E-state index contributed by atoms with van der Waals surface area (Å²) in [5.41, 5.74) is 3.44. The number of carbonyl (C=O) groups excluding carboxylic acids is 1. The van der Waals surface area contributed by atoms with Crippen LogP contribution < -0.4 is 5.32 Å². The van der Waals surface area contributed by atoms with E-state index >= 15 is 0 Å². The summed E-state index contributed by atoms with van der Waals surface area (Å²) >= 11 is 5.95. The number of aromatic nitrogens is 1. The molecule has 0 bridgehead atoms. The van der Waals surface area contributed by atoms with E-state index < -0.39 is 5.82 Å². The molecule has 140 valence electrons. The van der Waals surface area contributed by atoms with Gasteiger partial charge in [0.2, 0.25) is 5.91 Å². The van der Waals surface area contributed by atoms with Gasteiger partial charge in [-0.3, -0.25) is 4.79 Å². The van der Waals surface area contributed by atoms with Crippen LogP contribution in [0.3, 0.4) is 0 Å². The van der Waals surface area contributed by atoms with Crippen molar-refractivity contribution in [2.45, 2.75) is 33.2 Å². The Kier molecular flexibility index (Phi) is 5.33. The van der Waals surface area contributed by atoms with E-state index in [1.54, 1.807) is 24.3 Å². The van der Waals surface area contributed by atoms with Crippen molar-refractivity contribution in [2.75, 3.05) is 0 Å². The molecule has 0 fully saturated rings. The molecule has 27 heavy (non-hydrogen) atoms. The van der Waals surface area contributed by atoms with Gasteiger partial charge in [0.1, 0.15) is 11.6 Å². The zero-order valence-corrected chi connectivity index (χ0v) is 16.1. The molecule has 0 saturated heterocycles. The molecule has 6 heteroatoms. The number of halogens is 2. The molecule has 2 aromatic carbocycles. The number of nitrogens with zero attached hydrogens (tertiary/aromatic N) is 1. The van der Waals surface area contributed by atoms with E-state index in [1.165, 1.54) is 12.1 Å². The number of phenols is 1. The predicted octanol–water partition coefficient (Wildman–Crippen LogP) is 4.78. The Labute approximate surface area is 162 Å². The van der Waals surface area contributed by atoms with Gasteiger partial charge in [0.05, 0.1) is 22.7 Å². The molecule has 0 saturated carbocycles. The Morgan fingerprint density at radius 2 is 2.00 bits per heavy atom. The zero-order valence-electron chi connectivity index (χ0n) is 15.3. The Balaban J connectivity index is 2.22. The molecular weight excluding hydrogens is 367 g/mol. The van der Waals surface area contributed by atoms with Crippen molar-refractivity contribution in [2.24, 2.45) is 0 Å². The number of hydrogen-bond donors (Lipinski definition) is 2. The SMILES string of the molecule is Cc1c(CC(=O)NC(C)C)c(-c2ccc(F)c(Cl)c2)nc2ccc(O)cc12. The highest BCUT2D eigenvalue weighted by Crippen LogP contribution is 2.33. The number of pyridine rings is 1. The molecule has 3 aromatic rings. The maximum absolute atomic E-state index is 13.6. The lowest BCUT2D eigenvalue weighted by Crippen LogP contribution is -2.31. The van der Waals surface area contributed by atoms with E-state index in [4.69, 9.17) is 11.6 Å². The van der Waals surface area contributed by atoms with Crippen molar-refractivity contribution in [3.05, 3.63) is 58.4 Å². The summed E-state index contributed by atoms with van der Waals surface area (Å²) in [7, 11) is 0. The molecule has 0 aliphatic carbocycles. The minimum Gasteiger partial charge on any atom is -0.508 e. The summed E-state index contributed by atoms with van der Waals surface area (Å²) in [6, 6.07) is 9.30. The molecule has 1 amide bonds. The van der Waals surface area contributed by atoms with E-state index in [9.17, 15) is 14.3 Å². The number of rotatable bonds is 4. The van der Waals surface area contributed by atoms with Gasteiger partial charge in [0.15, 0.2) is 0 Å². The van der Waals surface area contributed by atoms with Crippen LogP contribution in [0.15, 0.2) is 36.4 Å². The number of benzene rings is 2. The first-order chi connectivity index (χ1) is 12.8. The van der Waals surface area contributed by atoms with Crippen LogP contribution >= 0.6 is 11.6 Å². The van der Waals surface area contributed by atoms with Crippen LogP contribution in [-0.4, -0.2) is 22.0 Å². The minimum absolute atomic E-state index is 0.00432. The first-order valence-corrected chi connectivity index (χ1v) is 9.01. The molecule has 0 unspecified atom stereocenters. The smallest absolute Gasteiger partial charge is 0.224 e. The van der Waals surface area contributed by atoms with Crippen LogP contribution in [0.25, 0.3) is 22.2 Å². The number of nitrogens with one attached hydrogen (secondary N) is 1. The Morgan fingerprint density at radius 1 is 1.26 bits per heavy atom. The third-order valence-corrected chi connectivity index (χ3v) is 4.62. The molecular formula is C21H20ClFN2O2. The van der Waals surface area contributed by atoms with Crippen molar-refractivity contribution >= 4 is 28.4 Å². The highest BCUT2D eigenvalue weighted by molar-refractivity contribution is 6.31. The van der Waals surface area contributed by atoms with Crippen molar-refractivity contribution in [3.63, 3.8) is 0 Å². The van der Waals surface area contributed by atoms with Gasteiger partial charge >= 0.3 is 0 Å². The van der Waals surface area contributed by atoms with Crippen LogP contribution in [0, 0.1) is 12.7 Å². The van der Waals surface area contributed by atoms with Crippen LogP contribution in [0.2, 0.25) is 5.02 Å². The number of carbonyl (C=O) groups is 1. The van der Waals surface area contributed by atoms with Crippen LogP contribution in [0.4, 0.5) is 4.39 Å². The normalized spacial score (nSPS) is 11.2. The van der Waals surface area contributed by atoms with Gasteiger partial charge in [-0.1, -0.05) is 11.6 Å². The fraction of sp³-hybridized carbons (Fsp3) is 0.238. The van der Waals surface area contributed by atoms with E-state index in [0.717, 1.165) is 10.9 Å². The largest absolute Gasteiger partial charge is 0.508 e. The molecule has 1 heterocycles. The fourth-order valence-electron chi connectivity index (χ4n) is 3.08. The van der Waals surface area contributed by atoms with Crippen molar-refractivity contribution in [1.82, 2.24) is 10.3 Å². The monoisotopic (exact) mass is 386 g/mol. The molecule has 0 aliphatic heterocycles. The maximum atomic E-state index is 13.6. The van der Waals surface area contributed by atoms with E-state index in [-0.39, 0.29) is 29.1 Å². The molecule has 0 radical (unpaired) electrons. The average Bonchev–Trinajstić information content (AvgIpc) is 2.59. The number of phenolic OH excluding ortho intramolecular Hbond substituents is 1. The average molecular weight is 387 g/mol. The highest BCUT2D eigenvalue weighted by atomic mass is 35.5. The van der Waals surface area contributed by atoms with Gasteiger partial charge < -0.3 is 10.4 Å². The Morgan fingerprint density at radius 3 is 2.67 bits per heavy atom. The molecule has 0 spiro atoms. The standard InChI is InChI=1S/C21H20ClFN2O2/c1-11(2)24-20(27)10-16-12(3)15-9-14(26)5-7-19(15)25-21(16)13-4-6-18(23)17(22)8-13/h4-9,11,26H,10H2,1-3H3,(H,24,27). The second-order valence-corrected chi connectivity index (χ2v) is 7.20. The van der Waals surface area contributed by atoms with E-state index in [0.29, 0.717) is 22.3 Å². The van der Waals surface area contributed by atoms with E-state index in [2.05, 4.69) is 10.3 Å². The number of amides is 1. The van der Waals surface area contributed by atoms with Crippen molar-refractivity contribution in [3.8, 4) is 17.0 Å². The zero-order chi connectivity index (χ0) is 19.7. The highest BCUT2D eigenvalue weighted by Gasteiger charge is 2.18. The van der Waals surface area contributed by atoms with Crippen molar-refractivity contribution < 1.29 is 14.3 Å². The second-order valence-electron chi connectivity index (χ2n) is 6.79. The van der Waals surface area contributed by atoms with Gasteiger partial charge in [0.25, 0.3) is 0 Å². The summed E-state index contributed by atoms with van der Waals surface area (Å²) in [4.78, 5) is 17.1. The predicted molar refractivity (Wildman–Crippen MR) is 106 cm³/mol. The van der Waals surface area contributed by atoms with Gasteiger partial charge in [-0.2, -0.15) is 0 Å². The molecule has 4 nitrogen and oxygen atoms in total. The Hall–Kier alpha value is -2.66. The van der Waals surface area contributed by atoms with E-state index in [1.807, 2.05) is 20.8 Å². The third-order valence-electron chi connectivity index (χ3n) is 4.33. The van der Waals surface area contributed by atoms with Crippen molar-refractivity contribution in [1.29, 1.82) is 0 Å². The molecule has 1 aromatic heterocycles. The lowest BCUT2D eigenvalue weighted by molar-refractivity contribution is -0.120. The van der Waals surface area contributed by atoms with Gasteiger partial charge in [-0.15, -0.1) is 0 Å². The Bertz CT molecular complexity index is 1030. The van der Waals surface area contributed by atoms with Crippen LogP contribution in [0.1, 0.15) is 25.0 Å². The number of aromatic hydroxyl groups is 1. The molecule has 2 N–H and O–H groups in total. The van der Waals surface area contributed by atoms with Crippen LogP contribution in [-0.2, 0) is 11.2 Å². The third kappa shape index (κ3) is 4.03. The fourth-order valence-corrected chi connectivity index (χ4v) is 3.26. The lowest BCUT2D eigenvalue weighted by atomic mass is 9.95. The van der Waals surface area contributed by atoms with Gasteiger partial charge in [-0.05, 0) is 68.3 Å².